The lowest BCUT2D eigenvalue weighted by molar-refractivity contribution is 0.0527. The highest BCUT2D eigenvalue weighted by Crippen LogP contribution is 2.31. The molecule has 2 heterocycles. The summed E-state index contributed by atoms with van der Waals surface area (Å²) in [6, 6.07) is 7.37. The molecule has 0 saturated heterocycles. The molecule has 0 aliphatic carbocycles. The van der Waals surface area contributed by atoms with Crippen molar-refractivity contribution in [2.45, 2.75) is 6.92 Å². The first-order valence-corrected chi connectivity index (χ1v) is 7.82. The second kappa shape index (κ2) is 6.90. The number of carbonyl (C=O) groups excluding carboxylic acids is 1. The van der Waals surface area contributed by atoms with Gasteiger partial charge in [0.05, 0.1) is 29.3 Å². The highest BCUT2D eigenvalue weighted by molar-refractivity contribution is 6.30. The Labute approximate surface area is 147 Å². The molecule has 0 unspecified atom stereocenters. The summed E-state index contributed by atoms with van der Waals surface area (Å²) in [5.74, 6) is -1.05. The number of nitrogen functional groups attached to an aromatic ring is 1. The minimum absolute atomic E-state index is 0.0870. The lowest BCUT2D eigenvalue weighted by Crippen LogP contribution is -2.05. The summed E-state index contributed by atoms with van der Waals surface area (Å²) in [7, 11) is 0. The van der Waals surface area contributed by atoms with Gasteiger partial charge in [-0.3, -0.25) is 0 Å². The maximum absolute atomic E-state index is 14.3. The van der Waals surface area contributed by atoms with Crippen molar-refractivity contribution in [2.75, 3.05) is 12.3 Å². The first-order valence-electron chi connectivity index (χ1n) is 7.44. The van der Waals surface area contributed by atoms with Crippen molar-refractivity contribution >= 4 is 23.5 Å². The van der Waals surface area contributed by atoms with Crippen molar-refractivity contribution in [2.24, 2.45) is 0 Å². The average Bonchev–Trinajstić information content (AvgIpc) is 3.00. The van der Waals surface area contributed by atoms with E-state index in [1.54, 1.807) is 19.1 Å². The highest BCUT2D eigenvalue weighted by atomic mass is 35.5. The van der Waals surface area contributed by atoms with Gasteiger partial charge in [-0.05, 0) is 37.3 Å². The summed E-state index contributed by atoms with van der Waals surface area (Å²) in [4.78, 5) is 23.2. The molecule has 0 fully saturated rings. The second-order valence-electron chi connectivity index (χ2n) is 5.12. The number of anilines is 1. The number of esters is 1. The minimum atomic E-state index is -0.573. The van der Waals surface area contributed by atoms with E-state index in [0.717, 1.165) is 0 Å². The fourth-order valence-electron chi connectivity index (χ4n) is 2.39. The largest absolute Gasteiger partial charge is 0.462 e. The van der Waals surface area contributed by atoms with Crippen LogP contribution in [0.2, 0.25) is 5.02 Å². The molecule has 0 saturated carbocycles. The zero-order valence-electron chi connectivity index (χ0n) is 13.2. The third-order valence-corrected chi connectivity index (χ3v) is 3.70. The van der Waals surface area contributed by atoms with Crippen LogP contribution in [0.3, 0.4) is 0 Å². The Balaban J connectivity index is 2.17. The maximum Gasteiger partial charge on any atom is 0.340 e. The van der Waals surface area contributed by atoms with Gasteiger partial charge in [0.2, 0.25) is 5.95 Å². The molecule has 25 heavy (non-hydrogen) atoms. The summed E-state index contributed by atoms with van der Waals surface area (Å²) in [6.45, 7) is 1.89. The predicted molar refractivity (Wildman–Crippen MR) is 92.6 cm³/mol. The molecule has 3 N–H and O–H groups in total. The Bertz CT molecular complexity index is 942. The van der Waals surface area contributed by atoms with E-state index in [9.17, 15) is 9.18 Å². The molecule has 3 aromatic rings. The third kappa shape index (κ3) is 3.46. The van der Waals surface area contributed by atoms with Gasteiger partial charge in [-0.15, -0.1) is 0 Å². The number of hydrogen-bond acceptors (Lipinski definition) is 5. The van der Waals surface area contributed by atoms with E-state index in [1.807, 2.05) is 0 Å². The molecule has 0 aliphatic rings. The van der Waals surface area contributed by atoms with Gasteiger partial charge in [0.1, 0.15) is 5.82 Å². The molecule has 0 spiro atoms. The first kappa shape index (κ1) is 16.9. The van der Waals surface area contributed by atoms with E-state index in [1.165, 1.54) is 24.4 Å². The Morgan fingerprint density at radius 3 is 2.84 bits per heavy atom. The van der Waals surface area contributed by atoms with Gasteiger partial charge in [0.25, 0.3) is 0 Å². The normalized spacial score (nSPS) is 10.7. The van der Waals surface area contributed by atoms with Crippen LogP contribution in [-0.2, 0) is 4.74 Å². The molecule has 8 heteroatoms. The van der Waals surface area contributed by atoms with Crippen LogP contribution in [-0.4, -0.2) is 27.5 Å². The molecule has 0 amide bonds. The number of rotatable bonds is 4. The second-order valence-corrected chi connectivity index (χ2v) is 5.55. The van der Waals surface area contributed by atoms with Gasteiger partial charge in [0, 0.05) is 16.8 Å². The van der Waals surface area contributed by atoms with Gasteiger partial charge in [-0.1, -0.05) is 11.6 Å². The van der Waals surface area contributed by atoms with Crippen LogP contribution in [0, 0.1) is 5.82 Å². The van der Waals surface area contributed by atoms with E-state index in [2.05, 4.69) is 15.0 Å². The van der Waals surface area contributed by atoms with E-state index < -0.39 is 11.8 Å². The quantitative estimate of drug-likeness (QED) is 0.692. The SMILES string of the molecule is CCOC(=O)c1cc(-c2ccnc(N)n2)[nH]c1-c1ccc(Cl)cc1F. The maximum atomic E-state index is 14.3. The summed E-state index contributed by atoms with van der Waals surface area (Å²) in [5, 5.41) is 0.259. The molecule has 128 valence electrons. The molecule has 0 aliphatic heterocycles. The number of benzene rings is 1. The van der Waals surface area contributed by atoms with Crippen LogP contribution < -0.4 is 5.73 Å². The molecular weight excluding hydrogens is 347 g/mol. The van der Waals surface area contributed by atoms with Crippen molar-refractivity contribution in [1.82, 2.24) is 15.0 Å². The van der Waals surface area contributed by atoms with Crippen LogP contribution in [0.5, 0.6) is 0 Å². The number of H-pyrrole nitrogens is 1. The molecular formula is C17H14ClFN4O2. The van der Waals surface area contributed by atoms with Crippen molar-refractivity contribution < 1.29 is 13.9 Å². The lowest BCUT2D eigenvalue weighted by atomic mass is 10.1. The fraction of sp³-hybridized carbons (Fsp3) is 0.118. The molecule has 0 radical (unpaired) electrons. The van der Waals surface area contributed by atoms with E-state index in [4.69, 9.17) is 22.1 Å². The summed E-state index contributed by atoms with van der Waals surface area (Å²) in [5.41, 5.74) is 7.22. The van der Waals surface area contributed by atoms with E-state index in [-0.39, 0.29) is 34.4 Å². The Kier molecular flexibility index (Phi) is 4.67. The van der Waals surface area contributed by atoms with Crippen LogP contribution in [0.15, 0.2) is 36.5 Å². The monoisotopic (exact) mass is 360 g/mol. The smallest absolute Gasteiger partial charge is 0.340 e. The van der Waals surface area contributed by atoms with Gasteiger partial charge in [0.15, 0.2) is 0 Å². The number of aromatic nitrogens is 3. The topological polar surface area (TPSA) is 93.9 Å². The van der Waals surface area contributed by atoms with Crippen LogP contribution in [0.1, 0.15) is 17.3 Å². The highest BCUT2D eigenvalue weighted by Gasteiger charge is 2.21. The van der Waals surface area contributed by atoms with Crippen molar-refractivity contribution in [1.29, 1.82) is 0 Å². The predicted octanol–water partition coefficient (Wildman–Crippen LogP) is 3.69. The lowest BCUT2D eigenvalue weighted by Gasteiger charge is -2.06. The molecule has 2 aromatic heterocycles. The number of nitrogens with zero attached hydrogens (tertiary/aromatic N) is 2. The fourth-order valence-corrected chi connectivity index (χ4v) is 2.55. The van der Waals surface area contributed by atoms with Gasteiger partial charge in [-0.25, -0.2) is 19.2 Å². The average molecular weight is 361 g/mol. The Morgan fingerprint density at radius 2 is 2.16 bits per heavy atom. The summed E-state index contributed by atoms with van der Waals surface area (Å²) < 4.78 is 19.4. The molecule has 0 bridgehead atoms. The zero-order chi connectivity index (χ0) is 18.0. The standard InChI is InChI=1S/C17H14ClFN4O2/c1-2-25-16(24)11-8-14(13-5-6-21-17(20)23-13)22-15(11)10-4-3-9(18)7-12(10)19/h3-8,22H,2H2,1H3,(H2,20,21,23). The number of aromatic amines is 1. The summed E-state index contributed by atoms with van der Waals surface area (Å²) in [6.07, 6.45) is 1.49. The van der Waals surface area contributed by atoms with Crippen LogP contribution in [0.25, 0.3) is 22.6 Å². The van der Waals surface area contributed by atoms with E-state index >= 15 is 0 Å². The number of carbonyl (C=O) groups is 1. The molecule has 0 atom stereocenters. The van der Waals surface area contributed by atoms with Crippen molar-refractivity contribution in [3.63, 3.8) is 0 Å². The number of hydrogen-bond donors (Lipinski definition) is 2. The van der Waals surface area contributed by atoms with Gasteiger partial charge < -0.3 is 15.5 Å². The first-order chi connectivity index (χ1) is 12.0. The van der Waals surface area contributed by atoms with Crippen molar-refractivity contribution in [3.05, 3.63) is 52.9 Å². The van der Waals surface area contributed by atoms with E-state index in [0.29, 0.717) is 11.4 Å². The van der Waals surface area contributed by atoms with Crippen molar-refractivity contribution in [3.8, 4) is 22.6 Å². The molecule has 3 rings (SSSR count). The number of ether oxygens (including phenoxy) is 1. The molecule has 1 aromatic carbocycles. The number of halogens is 2. The Morgan fingerprint density at radius 1 is 1.36 bits per heavy atom. The van der Waals surface area contributed by atoms with Crippen LogP contribution in [0.4, 0.5) is 10.3 Å². The van der Waals surface area contributed by atoms with Gasteiger partial charge >= 0.3 is 5.97 Å². The zero-order valence-corrected chi connectivity index (χ0v) is 14.0. The molecule has 6 nitrogen and oxygen atoms in total. The number of nitrogens with two attached hydrogens (primary N) is 1. The minimum Gasteiger partial charge on any atom is -0.462 e. The third-order valence-electron chi connectivity index (χ3n) is 3.46. The summed E-state index contributed by atoms with van der Waals surface area (Å²) >= 11 is 5.80. The van der Waals surface area contributed by atoms with Gasteiger partial charge in [-0.2, -0.15) is 0 Å². The number of nitrogens with one attached hydrogen (secondary N) is 1. The Hall–Kier alpha value is -2.93. The van der Waals surface area contributed by atoms with Crippen LogP contribution >= 0.6 is 11.6 Å².